The van der Waals surface area contributed by atoms with E-state index in [2.05, 4.69) is 4.98 Å². The molecule has 1 N–H and O–H groups in total. The van der Waals surface area contributed by atoms with Crippen LogP contribution in [0, 0.1) is 18.6 Å². The molecular weight excluding hydrogens is 424 g/mol. The number of fused-ring (bicyclic) bond motifs is 1. The fraction of sp³-hybridized carbons (Fsp3) is 0.167. The Labute approximate surface area is 182 Å². The summed E-state index contributed by atoms with van der Waals surface area (Å²) in [6.07, 6.45) is 3.52. The third-order valence-electron chi connectivity index (χ3n) is 5.32. The minimum absolute atomic E-state index is 0.317. The lowest BCUT2D eigenvalue weighted by Gasteiger charge is -2.21. The molecule has 0 bridgehead atoms. The van der Waals surface area contributed by atoms with E-state index in [0.29, 0.717) is 16.3 Å². The Kier molecular flexibility index (Phi) is 5.87. The first-order valence-corrected chi connectivity index (χ1v) is 11.6. The summed E-state index contributed by atoms with van der Waals surface area (Å²) in [5.74, 6) is -0.791. The third-order valence-corrected chi connectivity index (χ3v) is 6.27. The molecule has 0 radical (unpaired) electrons. The second-order valence-electron chi connectivity index (χ2n) is 7.40. The topological polar surface area (TPSA) is 38.8 Å². The van der Waals surface area contributed by atoms with Crippen molar-refractivity contribution in [1.82, 2.24) is 4.98 Å². The van der Waals surface area contributed by atoms with Crippen molar-refractivity contribution in [2.45, 2.75) is 18.6 Å². The van der Waals surface area contributed by atoms with Crippen LogP contribution in [0.4, 0.5) is 8.78 Å². The SMILES string of the molecule is Cc1cc(F)ccc1C(c1ccc(Cl)cc1F)c1c[nH]c2c(C[S+](C)[O-])cccc12. The van der Waals surface area contributed by atoms with Gasteiger partial charge >= 0.3 is 0 Å². The number of para-hydroxylation sites is 1. The maximum Gasteiger partial charge on any atom is 0.132 e. The van der Waals surface area contributed by atoms with Gasteiger partial charge in [0.25, 0.3) is 0 Å². The van der Waals surface area contributed by atoms with Crippen molar-refractivity contribution in [3.8, 4) is 0 Å². The van der Waals surface area contributed by atoms with Crippen molar-refractivity contribution in [3.05, 3.63) is 105 Å². The Morgan fingerprint density at radius 2 is 1.80 bits per heavy atom. The number of rotatable bonds is 5. The molecule has 4 aromatic rings. The number of nitrogens with one attached hydrogen (secondary N) is 1. The molecule has 0 aliphatic carbocycles. The molecule has 2 nitrogen and oxygen atoms in total. The lowest BCUT2D eigenvalue weighted by atomic mass is 9.82. The zero-order chi connectivity index (χ0) is 21.4. The smallest absolute Gasteiger partial charge is 0.132 e. The van der Waals surface area contributed by atoms with Crippen molar-refractivity contribution in [2.75, 3.05) is 6.26 Å². The molecule has 0 saturated carbocycles. The fourth-order valence-electron chi connectivity index (χ4n) is 4.02. The number of aromatic nitrogens is 1. The summed E-state index contributed by atoms with van der Waals surface area (Å²) in [7, 11) is 0. The second kappa shape index (κ2) is 8.42. The molecule has 0 amide bonds. The van der Waals surface area contributed by atoms with E-state index in [4.69, 9.17) is 11.6 Å². The molecule has 4 rings (SSSR count). The van der Waals surface area contributed by atoms with Crippen LogP contribution in [0.2, 0.25) is 5.02 Å². The van der Waals surface area contributed by atoms with E-state index in [1.54, 1.807) is 24.5 Å². The van der Waals surface area contributed by atoms with E-state index in [1.807, 2.05) is 31.3 Å². The molecule has 1 aromatic heterocycles. The van der Waals surface area contributed by atoms with E-state index < -0.39 is 22.9 Å². The largest absolute Gasteiger partial charge is 0.616 e. The molecule has 2 atom stereocenters. The summed E-state index contributed by atoms with van der Waals surface area (Å²) in [4.78, 5) is 3.29. The van der Waals surface area contributed by atoms with Crippen molar-refractivity contribution in [3.63, 3.8) is 0 Å². The highest BCUT2D eigenvalue weighted by Crippen LogP contribution is 2.40. The van der Waals surface area contributed by atoms with Crippen LogP contribution in [-0.4, -0.2) is 15.8 Å². The third kappa shape index (κ3) is 3.97. The molecule has 0 aliphatic rings. The van der Waals surface area contributed by atoms with Crippen LogP contribution in [0.25, 0.3) is 10.9 Å². The number of hydrogen-bond donors (Lipinski definition) is 1. The number of aryl methyl sites for hydroxylation is 1. The average Bonchev–Trinajstić information content (AvgIpc) is 3.10. The van der Waals surface area contributed by atoms with E-state index in [1.165, 1.54) is 18.2 Å². The normalized spacial score (nSPS) is 13.5. The summed E-state index contributed by atoms with van der Waals surface area (Å²) in [5, 5.41) is 1.23. The van der Waals surface area contributed by atoms with Gasteiger partial charge in [-0.1, -0.05) is 53.1 Å². The molecule has 154 valence electrons. The van der Waals surface area contributed by atoms with Gasteiger partial charge in [-0.2, -0.15) is 0 Å². The van der Waals surface area contributed by atoms with Gasteiger partial charge in [0, 0.05) is 28.1 Å². The average molecular weight is 444 g/mol. The predicted molar refractivity (Wildman–Crippen MR) is 120 cm³/mol. The quantitative estimate of drug-likeness (QED) is 0.353. The highest BCUT2D eigenvalue weighted by atomic mass is 35.5. The van der Waals surface area contributed by atoms with Crippen LogP contribution in [0.3, 0.4) is 0 Å². The van der Waals surface area contributed by atoms with Crippen LogP contribution in [-0.2, 0) is 16.9 Å². The van der Waals surface area contributed by atoms with Gasteiger partial charge in [-0.25, -0.2) is 8.78 Å². The van der Waals surface area contributed by atoms with E-state index in [9.17, 15) is 8.94 Å². The maximum atomic E-state index is 15.0. The highest BCUT2D eigenvalue weighted by molar-refractivity contribution is 7.89. The Balaban J connectivity index is 1.97. The number of aromatic amines is 1. The standard InChI is InChI=1S/C24H20ClF2NOS/c1-14-10-17(26)7-9-18(14)23(20-8-6-16(25)11-22(20)27)21-12-28-24-15(13-30(2)29)4-3-5-19(21)24/h3-12,23,28H,13H2,1-2H3. The molecule has 30 heavy (non-hydrogen) atoms. The summed E-state index contributed by atoms with van der Waals surface area (Å²) >= 11 is 4.99. The molecule has 2 unspecified atom stereocenters. The summed E-state index contributed by atoms with van der Waals surface area (Å²) in [5.41, 5.74) is 4.68. The Hall–Kier alpha value is -2.34. The van der Waals surface area contributed by atoms with Crippen molar-refractivity contribution >= 4 is 33.7 Å². The molecule has 3 aromatic carbocycles. The summed E-state index contributed by atoms with van der Waals surface area (Å²) < 4.78 is 40.6. The molecule has 0 aliphatic heterocycles. The van der Waals surface area contributed by atoms with Gasteiger partial charge in [0.2, 0.25) is 0 Å². The first kappa shape index (κ1) is 20.9. The van der Waals surface area contributed by atoms with Gasteiger partial charge in [-0.3, -0.25) is 0 Å². The van der Waals surface area contributed by atoms with E-state index in [-0.39, 0.29) is 5.82 Å². The first-order chi connectivity index (χ1) is 14.3. The lowest BCUT2D eigenvalue weighted by molar-refractivity contribution is 0.600. The van der Waals surface area contributed by atoms with Gasteiger partial charge in [-0.15, -0.1) is 0 Å². The molecule has 0 saturated heterocycles. The number of benzene rings is 3. The zero-order valence-corrected chi connectivity index (χ0v) is 18.1. The fourth-order valence-corrected chi connectivity index (χ4v) is 4.86. The molecule has 0 spiro atoms. The van der Waals surface area contributed by atoms with Gasteiger partial charge in [0.15, 0.2) is 0 Å². The van der Waals surface area contributed by atoms with Gasteiger partial charge in [-0.05, 0) is 53.4 Å². The van der Waals surface area contributed by atoms with Crippen LogP contribution in [0.5, 0.6) is 0 Å². The monoisotopic (exact) mass is 443 g/mol. The van der Waals surface area contributed by atoms with Gasteiger partial charge in [0.05, 0.1) is 11.8 Å². The van der Waals surface area contributed by atoms with Crippen LogP contribution >= 0.6 is 11.6 Å². The predicted octanol–water partition coefficient (Wildman–Crippen LogP) is 6.47. The minimum atomic E-state index is -0.995. The summed E-state index contributed by atoms with van der Waals surface area (Å²) in [6, 6.07) is 15.0. The first-order valence-electron chi connectivity index (χ1n) is 9.45. The van der Waals surface area contributed by atoms with Crippen molar-refractivity contribution in [2.24, 2.45) is 0 Å². The number of halogens is 3. The minimum Gasteiger partial charge on any atom is -0.616 e. The van der Waals surface area contributed by atoms with Crippen molar-refractivity contribution < 1.29 is 13.3 Å². The Bertz CT molecular complexity index is 1170. The maximum absolute atomic E-state index is 15.0. The zero-order valence-electron chi connectivity index (χ0n) is 16.5. The van der Waals surface area contributed by atoms with Crippen LogP contribution < -0.4 is 0 Å². The van der Waals surface area contributed by atoms with E-state index in [0.717, 1.165) is 33.2 Å². The molecule has 0 fully saturated rings. The van der Waals surface area contributed by atoms with Gasteiger partial charge in [0.1, 0.15) is 17.4 Å². The lowest BCUT2D eigenvalue weighted by Crippen LogP contribution is -2.08. The molecule has 1 heterocycles. The van der Waals surface area contributed by atoms with Gasteiger partial charge < -0.3 is 9.54 Å². The Morgan fingerprint density at radius 3 is 2.50 bits per heavy atom. The number of H-pyrrole nitrogens is 1. The van der Waals surface area contributed by atoms with Crippen molar-refractivity contribution in [1.29, 1.82) is 0 Å². The summed E-state index contributed by atoms with van der Waals surface area (Å²) in [6.45, 7) is 1.82. The van der Waals surface area contributed by atoms with E-state index >= 15 is 4.39 Å². The second-order valence-corrected chi connectivity index (χ2v) is 9.27. The molecule has 6 heteroatoms. The van der Waals surface area contributed by atoms with Crippen LogP contribution in [0.1, 0.15) is 33.7 Å². The Morgan fingerprint density at radius 1 is 1.03 bits per heavy atom. The van der Waals surface area contributed by atoms with Crippen LogP contribution in [0.15, 0.2) is 60.8 Å². The highest BCUT2D eigenvalue weighted by Gasteiger charge is 2.25. The number of hydrogen-bond acceptors (Lipinski definition) is 1. The molecular formula is C24H20ClF2NOS.